The molecule has 0 aliphatic rings. The molecule has 1 N–H and O–H groups in total. The molecule has 0 aromatic heterocycles. The predicted octanol–water partition coefficient (Wildman–Crippen LogP) is 4.45. The summed E-state index contributed by atoms with van der Waals surface area (Å²) in [5.74, 6) is -2.98. The summed E-state index contributed by atoms with van der Waals surface area (Å²) in [6.07, 6.45) is -3.78. The molecule has 0 aliphatic carbocycles. The SMILES string of the molecule is C=CCN(CC(=O)Nc1ccc(F)cc1F)S(=O)(=O)c1ccc(Cl)c(C(F)(F)F)c1. The van der Waals surface area contributed by atoms with E-state index in [4.69, 9.17) is 11.6 Å². The molecule has 0 fully saturated rings. The zero-order valence-corrected chi connectivity index (χ0v) is 16.6. The van der Waals surface area contributed by atoms with Gasteiger partial charge in [0.15, 0.2) is 0 Å². The third-order valence-electron chi connectivity index (χ3n) is 3.74. The fourth-order valence-electron chi connectivity index (χ4n) is 2.36. The van der Waals surface area contributed by atoms with E-state index in [1.165, 1.54) is 0 Å². The van der Waals surface area contributed by atoms with E-state index in [1.54, 1.807) is 0 Å². The first-order valence-electron chi connectivity index (χ1n) is 8.09. The van der Waals surface area contributed by atoms with Crippen molar-refractivity contribution in [2.45, 2.75) is 11.1 Å². The van der Waals surface area contributed by atoms with Gasteiger partial charge < -0.3 is 5.32 Å². The molecular weight excluding hydrogens is 455 g/mol. The number of alkyl halides is 3. The number of sulfonamides is 1. The molecule has 0 unspecified atom stereocenters. The van der Waals surface area contributed by atoms with E-state index < -0.39 is 68.0 Å². The molecule has 5 nitrogen and oxygen atoms in total. The largest absolute Gasteiger partial charge is 0.417 e. The van der Waals surface area contributed by atoms with E-state index in [-0.39, 0.29) is 0 Å². The van der Waals surface area contributed by atoms with Gasteiger partial charge in [0, 0.05) is 12.6 Å². The summed E-state index contributed by atoms with van der Waals surface area (Å²) in [7, 11) is -4.58. The van der Waals surface area contributed by atoms with Crippen LogP contribution in [0.25, 0.3) is 0 Å². The number of nitrogens with zero attached hydrogens (tertiary/aromatic N) is 1. The first-order chi connectivity index (χ1) is 13.9. The van der Waals surface area contributed by atoms with Crippen LogP contribution in [0.5, 0.6) is 0 Å². The molecule has 12 heteroatoms. The van der Waals surface area contributed by atoms with Crippen LogP contribution in [-0.2, 0) is 21.0 Å². The topological polar surface area (TPSA) is 66.5 Å². The number of halogens is 6. The van der Waals surface area contributed by atoms with E-state index in [0.29, 0.717) is 16.4 Å². The average Bonchev–Trinajstić information content (AvgIpc) is 2.63. The third kappa shape index (κ3) is 5.55. The molecule has 0 saturated heterocycles. The highest BCUT2D eigenvalue weighted by molar-refractivity contribution is 7.89. The van der Waals surface area contributed by atoms with Crippen LogP contribution >= 0.6 is 11.6 Å². The van der Waals surface area contributed by atoms with Crippen molar-refractivity contribution in [1.82, 2.24) is 4.31 Å². The highest BCUT2D eigenvalue weighted by atomic mass is 35.5. The van der Waals surface area contributed by atoms with Crippen LogP contribution in [0, 0.1) is 11.6 Å². The summed E-state index contributed by atoms with van der Waals surface area (Å²) in [5, 5.41) is 1.38. The zero-order chi connectivity index (χ0) is 22.7. The number of rotatable bonds is 7. The maximum Gasteiger partial charge on any atom is 0.417 e. The first-order valence-corrected chi connectivity index (χ1v) is 9.90. The minimum absolute atomic E-state index is 0.352. The third-order valence-corrected chi connectivity index (χ3v) is 5.88. The van der Waals surface area contributed by atoms with E-state index in [9.17, 15) is 35.2 Å². The molecule has 2 aromatic carbocycles. The van der Waals surface area contributed by atoms with Gasteiger partial charge in [-0.15, -0.1) is 6.58 Å². The number of nitrogens with one attached hydrogen (secondary N) is 1. The van der Waals surface area contributed by atoms with Crippen LogP contribution in [0.1, 0.15) is 5.56 Å². The van der Waals surface area contributed by atoms with Crippen LogP contribution in [0.2, 0.25) is 5.02 Å². The lowest BCUT2D eigenvalue weighted by Crippen LogP contribution is -2.38. The first kappa shape index (κ1) is 23.8. The standard InChI is InChI=1S/C18H14ClF5N2O3S/c1-2-7-26(10-17(27)25-16-6-3-11(20)8-15(16)21)30(28,29)12-4-5-14(19)13(9-12)18(22,23)24/h2-6,8-9H,1,7,10H2,(H,25,27). The van der Waals surface area contributed by atoms with Gasteiger partial charge >= 0.3 is 6.18 Å². The summed E-state index contributed by atoms with van der Waals surface area (Å²) in [5.41, 5.74) is -1.76. The number of hydrogen-bond acceptors (Lipinski definition) is 3. The van der Waals surface area contributed by atoms with Crippen molar-refractivity contribution in [3.8, 4) is 0 Å². The summed E-state index contributed by atoms with van der Waals surface area (Å²) in [6.45, 7) is 2.06. The van der Waals surface area contributed by atoms with Crippen LogP contribution < -0.4 is 5.32 Å². The van der Waals surface area contributed by atoms with Gasteiger partial charge in [-0.25, -0.2) is 17.2 Å². The Morgan fingerprint density at radius 2 is 1.83 bits per heavy atom. The summed E-state index contributed by atoms with van der Waals surface area (Å²) in [6, 6.07) is 4.32. The van der Waals surface area contributed by atoms with Gasteiger partial charge in [-0.3, -0.25) is 4.79 Å². The Kier molecular flexibility index (Phi) is 7.22. The van der Waals surface area contributed by atoms with Gasteiger partial charge in [-0.05, 0) is 30.3 Å². The summed E-state index contributed by atoms with van der Waals surface area (Å²) in [4.78, 5) is 11.4. The van der Waals surface area contributed by atoms with Crippen molar-refractivity contribution >= 4 is 33.2 Å². The van der Waals surface area contributed by atoms with Gasteiger partial charge in [0.05, 0.1) is 27.7 Å². The second-order valence-corrected chi connectivity index (χ2v) is 8.24. The highest BCUT2D eigenvalue weighted by Gasteiger charge is 2.35. The normalized spacial score (nSPS) is 12.1. The molecule has 0 atom stereocenters. The van der Waals surface area contributed by atoms with Crippen molar-refractivity contribution in [2.75, 3.05) is 18.4 Å². The molecule has 30 heavy (non-hydrogen) atoms. The maximum absolute atomic E-state index is 13.7. The second kappa shape index (κ2) is 9.11. The fourth-order valence-corrected chi connectivity index (χ4v) is 3.98. The van der Waals surface area contributed by atoms with E-state index in [1.807, 2.05) is 0 Å². The molecule has 0 bridgehead atoms. The maximum atomic E-state index is 13.7. The number of hydrogen-bond donors (Lipinski definition) is 1. The molecule has 0 heterocycles. The van der Waals surface area contributed by atoms with Crippen molar-refractivity contribution in [3.05, 3.63) is 71.3 Å². The molecule has 1 amide bonds. The van der Waals surface area contributed by atoms with Crippen molar-refractivity contribution in [1.29, 1.82) is 0 Å². The smallest absolute Gasteiger partial charge is 0.322 e. The number of amides is 1. The Bertz CT molecular complexity index is 1070. The number of anilines is 1. The minimum Gasteiger partial charge on any atom is -0.322 e. The Balaban J connectivity index is 2.32. The Hall–Kier alpha value is -2.50. The number of carbonyl (C=O) groups excluding carboxylic acids is 1. The molecule has 0 radical (unpaired) electrons. The number of carbonyl (C=O) groups is 1. The van der Waals surface area contributed by atoms with Crippen LogP contribution in [0.4, 0.5) is 27.6 Å². The monoisotopic (exact) mass is 468 g/mol. The Morgan fingerprint density at radius 1 is 1.17 bits per heavy atom. The lowest BCUT2D eigenvalue weighted by atomic mass is 10.2. The lowest BCUT2D eigenvalue weighted by Gasteiger charge is -2.21. The fraction of sp³-hybridized carbons (Fsp3) is 0.167. The summed E-state index contributed by atoms with van der Waals surface area (Å²) >= 11 is 5.50. The Labute approximate surface area is 173 Å². The molecule has 2 aromatic rings. The molecule has 0 aliphatic heterocycles. The van der Waals surface area contributed by atoms with Gasteiger partial charge in [0.1, 0.15) is 11.6 Å². The van der Waals surface area contributed by atoms with Crippen LogP contribution in [0.3, 0.4) is 0 Å². The zero-order valence-electron chi connectivity index (χ0n) is 15.0. The summed E-state index contributed by atoms with van der Waals surface area (Å²) < 4.78 is 91.9. The molecule has 0 saturated carbocycles. The van der Waals surface area contributed by atoms with E-state index >= 15 is 0 Å². The van der Waals surface area contributed by atoms with Crippen molar-refractivity contribution in [2.24, 2.45) is 0 Å². The lowest BCUT2D eigenvalue weighted by molar-refractivity contribution is -0.137. The molecule has 0 spiro atoms. The Morgan fingerprint density at radius 3 is 2.40 bits per heavy atom. The quantitative estimate of drug-likeness (QED) is 0.482. The molecular formula is C18H14ClF5N2O3S. The van der Waals surface area contributed by atoms with E-state index in [0.717, 1.165) is 30.3 Å². The molecule has 2 rings (SSSR count). The minimum atomic E-state index is -4.90. The number of benzene rings is 2. The van der Waals surface area contributed by atoms with Crippen molar-refractivity contribution in [3.63, 3.8) is 0 Å². The van der Waals surface area contributed by atoms with Crippen molar-refractivity contribution < 1.29 is 35.2 Å². The average molecular weight is 469 g/mol. The van der Waals surface area contributed by atoms with Gasteiger partial charge in [0.25, 0.3) is 0 Å². The second-order valence-electron chi connectivity index (χ2n) is 5.90. The van der Waals surface area contributed by atoms with Crippen LogP contribution in [-0.4, -0.2) is 31.7 Å². The molecule has 162 valence electrons. The highest BCUT2D eigenvalue weighted by Crippen LogP contribution is 2.36. The van der Waals surface area contributed by atoms with Crippen LogP contribution in [0.15, 0.2) is 53.9 Å². The van der Waals surface area contributed by atoms with Gasteiger partial charge in [-0.1, -0.05) is 17.7 Å². The predicted molar refractivity (Wildman–Crippen MR) is 100 cm³/mol. The van der Waals surface area contributed by atoms with Gasteiger partial charge in [0.2, 0.25) is 15.9 Å². The van der Waals surface area contributed by atoms with E-state index in [2.05, 4.69) is 11.9 Å². The van der Waals surface area contributed by atoms with Gasteiger partial charge in [-0.2, -0.15) is 17.5 Å².